The Hall–Kier alpha value is -0.0800. The molecule has 0 N–H and O–H groups in total. The van der Waals surface area contributed by atoms with Crippen LogP contribution in [0.15, 0.2) is 0 Å². The molecule has 9 heavy (non-hydrogen) atoms. The molecule has 0 aromatic rings. The van der Waals surface area contributed by atoms with Crippen LogP contribution in [0.1, 0.15) is 19.3 Å². The molecule has 0 spiro atoms. The standard InChI is InChI=1S/C7H13O2/c1-8-6-3-4-7(5-6)9-2/h6H,3-5H2,1-2H3. The fourth-order valence-corrected chi connectivity index (χ4v) is 1.17. The van der Waals surface area contributed by atoms with Crippen molar-refractivity contribution in [2.45, 2.75) is 25.4 Å². The van der Waals surface area contributed by atoms with Crippen molar-refractivity contribution in [3.8, 4) is 0 Å². The first-order chi connectivity index (χ1) is 4.36. The summed E-state index contributed by atoms with van der Waals surface area (Å²) >= 11 is 0. The largest absolute Gasteiger partial charge is 0.381 e. The highest BCUT2D eigenvalue weighted by atomic mass is 16.5. The fraction of sp³-hybridized carbons (Fsp3) is 0.857. The molecular formula is C7H13O2. The van der Waals surface area contributed by atoms with Gasteiger partial charge in [-0.2, -0.15) is 0 Å². The van der Waals surface area contributed by atoms with E-state index in [1.807, 2.05) is 0 Å². The van der Waals surface area contributed by atoms with E-state index in [0.29, 0.717) is 6.10 Å². The highest BCUT2D eigenvalue weighted by Crippen LogP contribution is 2.29. The maximum Gasteiger partial charge on any atom is 0.0993 e. The van der Waals surface area contributed by atoms with E-state index in [4.69, 9.17) is 9.47 Å². The molecule has 0 aliphatic heterocycles. The molecule has 1 aliphatic carbocycles. The number of ether oxygens (including phenoxy) is 2. The Kier molecular flexibility index (Phi) is 2.49. The van der Waals surface area contributed by atoms with Crippen LogP contribution in [0.4, 0.5) is 0 Å². The monoisotopic (exact) mass is 129 g/mol. The van der Waals surface area contributed by atoms with Gasteiger partial charge in [0.15, 0.2) is 0 Å². The lowest BCUT2D eigenvalue weighted by molar-refractivity contribution is 0.0995. The van der Waals surface area contributed by atoms with Crippen molar-refractivity contribution in [2.24, 2.45) is 0 Å². The van der Waals surface area contributed by atoms with E-state index >= 15 is 0 Å². The van der Waals surface area contributed by atoms with Gasteiger partial charge in [0.1, 0.15) is 0 Å². The van der Waals surface area contributed by atoms with Crippen LogP contribution < -0.4 is 0 Å². The molecule has 0 heterocycles. The summed E-state index contributed by atoms with van der Waals surface area (Å²) < 4.78 is 10.2. The molecule has 1 aliphatic rings. The van der Waals surface area contributed by atoms with Gasteiger partial charge in [0.25, 0.3) is 0 Å². The van der Waals surface area contributed by atoms with Gasteiger partial charge in [0.05, 0.1) is 12.2 Å². The molecule has 0 amide bonds. The minimum absolute atomic E-state index is 0.417. The smallest absolute Gasteiger partial charge is 0.0993 e. The van der Waals surface area contributed by atoms with Crippen LogP contribution in [0.25, 0.3) is 0 Å². The van der Waals surface area contributed by atoms with Gasteiger partial charge < -0.3 is 9.47 Å². The normalized spacial score (nSPS) is 29.3. The predicted molar refractivity (Wildman–Crippen MR) is 34.9 cm³/mol. The number of methoxy groups -OCH3 is 2. The van der Waals surface area contributed by atoms with E-state index in [2.05, 4.69) is 0 Å². The predicted octanol–water partition coefficient (Wildman–Crippen LogP) is 1.36. The van der Waals surface area contributed by atoms with E-state index in [9.17, 15) is 0 Å². The Bertz CT molecular complexity index is 73.0. The summed E-state index contributed by atoms with van der Waals surface area (Å²) in [6.07, 6.45) is 4.80. The van der Waals surface area contributed by atoms with Gasteiger partial charge in [0.2, 0.25) is 0 Å². The third-order valence-electron chi connectivity index (χ3n) is 1.82. The average Bonchev–Trinajstić information content (AvgIpc) is 2.34. The maximum absolute atomic E-state index is 5.14. The lowest BCUT2D eigenvalue weighted by Gasteiger charge is -2.05. The second kappa shape index (κ2) is 3.18. The summed E-state index contributed by atoms with van der Waals surface area (Å²) in [5.41, 5.74) is 0. The van der Waals surface area contributed by atoms with Crippen LogP contribution in [0.2, 0.25) is 0 Å². The van der Waals surface area contributed by atoms with Crippen LogP contribution in [0.5, 0.6) is 0 Å². The molecule has 0 aromatic heterocycles. The zero-order valence-corrected chi connectivity index (χ0v) is 6.02. The summed E-state index contributed by atoms with van der Waals surface area (Å²) in [6.45, 7) is 0. The van der Waals surface area contributed by atoms with Crippen LogP contribution in [0.3, 0.4) is 0 Å². The van der Waals surface area contributed by atoms with Gasteiger partial charge in [-0.15, -0.1) is 0 Å². The van der Waals surface area contributed by atoms with E-state index < -0.39 is 0 Å². The summed E-state index contributed by atoms with van der Waals surface area (Å²) in [6, 6.07) is 0. The molecule has 1 saturated carbocycles. The summed E-state index contributed by atoms with van der Waals surface area (Å²) in [7, 11) is 3.48. The van der Waals surface area contributed by atoms with Gasteiger partial charge >= 0.3 is 0 Å². The Morgan fingerprint density at radius 2 is 2.22 bits per heavy atom. The van der Waals surface area contributed by atoms with E-state index in [1.165, 1.54) is 6.10 Å². The molecular weight excluding hydrogens is 116 g/mol. The quantitative estimate of drug-likeness (QED) is 0.560. The van der Waals surface area contributed by atoms with Crippen LogP contribution in [0, 0.1) is 6.10 Å². The summed E-state index contributed by atoms with van der Waals surface area (Å²) in [5.74, 6) is 0. The van der Waals surface area contributed by atoms with Crippen molar-refractivity contribution < 1.29 is 9.47 Å². The van der Waals surface area contributed by atoms with E-state index in [1.54, 1.807) is 14.2 Å². The molecule has 2 heteroatoms. The van der Waals surface area contributed by atoms with Crippen LogP contribution in [-0.2, 0) is 9.47 Å². The Morgan fingerprint density at radius 3 is 2.56 bits per heavy atom. The van der Waals surface area contributed by atoms with Crippen molar-refractivity contribution in [3.63, 3.8) is 0 Å². The van der Waals surface area contributed by atoms with Gasteiger partial charge in [-0.1, -0.05) is 0 Å². The average molecular weight is 129 g/mol. The van der Waals surface area contributed by atoms with Crippen molar-refractivity contribution in [1.29, 1.82) is 0 Å². The molecule has 0 bridgehead atoms. The molecule has 1 atom stereocenters. The third kappa shape index (κ3) is 1.66. The minimum atomic E-state index is 0.417. The Morgan fingerprint density at radius 1 is 1.44 bits per heavy atom. The molecule has 1 radical (unpaired) electrons. The molecule has 0 aromatic carbocycles. The molecule has 53 valence electrons. The van der Waals surface area contributed by atoms with Crippen molar-refractivity contribution in [3.05, 3.63) is 6.10 Å². The van der Waals surface area contributed by atoms with Gasteiger partial charge in [-0.05, 0) is 12.8 Å². The van der Waals surface area contributed by atoms with Gasteiger partial charge in [-0.25, -0.2) is 0 Å². The zero-order chi connectivity index (χ0) is 6.69. The van der Waals surface area contributed by atoms with E-state index in [0.717, 1.165) is 19.3 Å². The van der Waals surface area contributed by atoms with Crippen LogP contribution in [-0.4, -0.2) is 20.3 Å². The molecule has 1 fully saturated rings. The number of hydrogen-bond donors (Lipinski definition) is 0. The number of rotatable bonds is 2. The Labute approximate surface area is 56.2 Å². The Balaban J connectivity index is 2.20. The van der Waals surface area contributed by atoms with Crippen molar-refractivity contribution in [1.82, 2.24) is 0 Å². The maximum atomic E-state index is 5.14. The fourth-order valence-electron chi connectivity index (χ4n) is 1.17. The summed E-state index contributed by atoms with van der Waals surface area (Å²) in [5, 5.41) is 0. The lowest BCUT2D eigenvalue weighted by Crippen LogP contribution is -2.04. The van der Waals surface area contributed by atoms with Crippen molar-refractivity contribution >= 4 is 0 Å². The lowest BCUT2D eigenvalue weighted by atomic mass is 10.3. The van der Waals surface area contributed by atoms with E-state index in [-0.39, 0.29) is 0 Å². The van der Waals surface area contributed by atoms with Gasteiger partial charge in [-0.3, -0.25) is 0 Å². The third-order valence-corrected chi connectivity index (χ3v) is 1.82. The zero-order valence-electron chi connectivity index (χ0n) is 6.02. The minimum Gasteiger partial charge on any atom is -0.381 e. The molecule has 1 rings (SSSR count). The first kappa shape index (κ1) is 7.03. The molecule has 2 nitrogen and oxygen atoms in total. The molecule has 1 unspecified atom stereocenters. The van der Waals surface area contributed by atoms with Gasteiger partial charge in [0, 0.05) is 20.6 Å². The topological polar surface area (TPSA) is 18.5 Å². The van der Waals surface area contributed by atoms with Crippen molar-refractivity contribution in [2.75, 3.05) is 14.2 Å². The summed E-state index contributed by atoms with van der Waals surface area (Å²) in [4.78, 5) is 0. The first-order valence-electron chi connectivity index (χ1n) is 3.28. The number of hydrogen-bond acceptors (Lipinski definition) is 2. The second-order valence-electron chi connectivity index (χ2n) is 2.34. The highest BCUT2D eigenvalue weighted by molar-refractivity contribution is 4.90. The van der Waals surface area contributed by atoms with Crippen LogP contribution >= 0.6 is 0 Å². The first-order valence-corrected chi connectivity index (χ1v) is 3.28. The molecule has 0 saturated heterocycles. The SMILES string of the molecule is CO[C]1CCC(OC)C1. The highest BCUT2D eigenvalue weighted by Gasteiger charge is 2.24. The second-order valence-corrected chi connectivity index (χ2v) is 2.34.